The fourth-order valence-electron chi connectivity index (χ4n) is 2.74. The van der Waals surface area contributed by atoms with Crippen molar-refractivity contribution in [1.29, 1.82) is 0 Å². The first-order valence-corrected chi connectivity index (χ1v) is 7.99. The van der Waals surface area contributed by atoms with Crippen molar-refractivity contribution >= 4 is 17.0 Å². The first kappa shape index (κ1) is 16.1. The minimum atomic E-state index is -0.815. The second-order valence-electron chi connectivity index (χ2n) is 5.73. The number of benzene rings is 2. The molecule has 0 aliphatic carbocycles. The van der Waals surface area contributed by atoms with E-state index < -0.39 is 5.97 Å². The molecule has 0 unspecified atom stereocenters. The van der Waals surface area contributed by atoms with E-state index in [1.807, 2.05) is 60.0 Å². The Morgan fingerprint density at radius 1 is 1.21 bits per heavy atom. The van der Waals surface area contributed by atoms with Crippen molar-refractivity contribution in [3.05, 3.63) is 59.9 Å². The van der Waals surface area contributed by atoms with Gasteiger partial charge in [0, 0.05) is 6.42 Å². The van der Waals surface area contributed by atoms with Gasteiger partial charge in [-0.25, -0.2) is 4.98 Å². The molecule has 0 fully saturated rings. The molecule has 24 heavy (non-hydrogen) atoms. The Balaban J connectivity index is 1.76. The summed E-state index contributed by atoms with van der Waals surface area (Å²) in [5, 5.41) is 8.93. The maximum atomic E-state index is 10.9. The molecule has 124 valence electrons. The van der Waals surface area contributed by atoms with Gasteiger partial charge in [-0.2, -0.15) is 0 Å². The molecule has 1 heterocycles. The summed E-state index contributed by atoms with van der Waals surface area (Å²) < 4.78 is 7.87. The van der Waals surface area contributed by atoms with E-state index in [0.29, 0.717) is 19.6 Å². The number of para-hydroxylation sites is 2. The number of hydrogen-bond donors (Lipinski definition) is 1. The number of imidazole rings is 1. The molecule has 5 heteroatoms. The molecule has 0 amide bonds. The van der Waals surface area contributed by atoms with Gasteiger partial charge in [-0.3, -0.25) is 4.79 Å². The number of ether oxygens (including phenoxy) is 1. The third-order valence-electron chi connectivity index (χ3n) is 3.87. The van der Waals surface area contributed by atoms with Crippen LogP contribution in [-0.2, 0) is 17.8 Å². The zero-order chi connectivity index (χ0) is 16.9. The first-order chi connectivity index (χ1) is 11.6. The van der Waals surface area contributed by atoms with Crippen LogP contribution in [0.3, 0.4) is 0 Å². The van der Waals surface area contributed by atoms with Crippen LogP contribution in [0.5, 0.6) is 5.75 Å². The van der Waals surface area contributed by atoms with Gasteiger partial charge in [-0.05, 0) is 36.8 Å². The fraction of sp³-hybridized carbons (Fsp3) is 0.263. The van der Waals surface area contributed by atoms with E-state index in [1.165, 1.54) is 0 Å². The van der Waals surface area contributed by atoms with E-state index in [2.05, 4.69) is 4.98 Å². The predicted molar refractivity (Wildman–Crippen MR) is 92.4 cm³/mol. The van der Waals surface area contributed by atoms with Crippen molar-refractivity contribution in [2.45, 2.75) is 26.3 Å². The summed E-state index contributed by atoms with van der Waals surface area (Å²) in [5.74, 6) is 0.808. The zero-order valence-electron chi connectivity index (χ0n) is 13.6. The topological polar surface area (TPSA) is 64.3 Å². The highest BCUT2D eigenvalue weighted by Gasteiger charge is 2.11. The van der Waals surface area contributed by atoms with Crippen molar-refractivity contribution < 1.29 is 14.6 Å². The molecule has 3 rings (SSSR count). The first-order valence-electron chi connectivity index (χ1n) is 7.99. The van der Waals surface area contributed by atoms with Crippen molar-refractivity contribution in [2.24, 2.45) is 0 Å². The van der Waals surface area contributed by atoms with Crippen LogP contribution in [0.2, 0.25) is 0 Å². The Kier molecular flexibility index (Phi) is 4.79. The molecule has 0 atom stereocenters. The fourth-order valence-corrected chi connectivity index (χ4v) is 2.74. The molecular weight excluding hydrogens is 304 g/mol. The minimum absolute atomic E-state index is 0.0715. The number of rotatable bonds is 7. The van der Waals surface area contributed by atoms with Crippen LogP contribution < -0.4 is 4.74 Å². The van der Waals surface area contributed by atoms with Gasteiger partial charge >= 0.3 is 5.97 Å². The van der Waals surface area contributed by atoms with Crippen LogP contribution in [0.15, 0.2) is 48.5 Å². The largest absolute Gasteiger partial charge is 0.492 e. The highest BCUT2D eigenvalue weighted by molar-refractivity contribution is 5.76. The summed E-state index contributed by atoms with van der Waals surface area (Å²) in [6.45, 7) is 3.16. The molecule has 0 aliphatic rings. The molecule has 0 bridgehead atoms. The van der Waals surface area contributed by atoms with Gasteiger partial charge in [0.15, 0.2) is 0 Å². The lowest BCUT2D eigenvalue weighted by Gasteiger charge is -2.11. The second-order valence-corrected chi connectivity index (χ2v) is 5.73. The van der Waals surface area contributed by atoms with Gasteiger partial charge in [0.2, 0.25) is 0 Å². The zero-order valence-corrected chi connectivity index (χ0v) is 13.6. The van der Waals surface area contributed by atoms with E-state index in [4.69, 9.17) is 9.84 Å². The summed E-state index contributed by atoms with van der Waals surface area (Å²) in [5.41, 5.74) is 3.04. The average Bonchev–Trinajstić information content (AvgIpc) is 2.91. The van der Waals surface area contributed by atoms with E-state index in [1.54, 1.807) is 0 Å². The number of carboxylic acids is 1. The lowest BCUT2D eigenvalue weighted by molar-refractivity contribution is -0.137. The monoisotopic (exact) mass is 324 g/mol. The number of aliphatic carboxylic acids is 1. The second kappa shape index (κ2) is 7.17. The molecule has 0 spiro atoms. The number of carboxylic acid groups (broad SMARTS) is 1. The smallest absolute Gasteiger partial charge is 0.303 e. The van der Waals surface area contributed by atoms with E-state index >= 15 is 0 Å². The van der Waals surface area contributed by atoms with Gasteiger partial charge in [0.1, 0.15) is 18.2 Å². The van der Waals surface area contributed by atoms with Crippen molar-refractivity contribution in [3.63, 3.8) is 0 Å². The van der Waals surface area contributed by atoms with Gasteiger partial charge < -0.3 is 14.4 Å². The Hall–Kier alpha value is -2.82. The molecule has 0 radical (unpaired) electrons. The van der Waals surface area contributed by atoms with Crippen LogP contribution in [-0.4, -0.2) is 27.2 Å². The highest BCUT2D eigenvalue weighted by Crippen LogP contribution is 2.18. The highest BCUT2D eigenvalue weighted by atomic mass is 16.5. The number of aromatic nitrogens is 2. The quantitative estimate of drug-likeness (QED) is 0.723. The summed E-state index contributed by atoms with van der Waals surface area (Å²) in [4.78, 5) is 15.4. The van der Waals surface area contributed by atoms with Crippen LogP contribution in [0.4, 0.5) is 0 Å². The standard InChI is InChI=1S/C19H20N2O3/c1-14-5-4-6-15(13-14)24-12-11-21-17-8-3-2-7-16(17)20-18(21)9-10-19(22)23/h2-8,13H,9-12H2,1H3,(H,22,23). The lowest BCUT2D eigenvalue weighted by Crippen LogP contribution is -2.12. The number of fused-ring (bicyclic) bond motifs is 1. The van der Waals surface area contributed by atoms with Crippen molar-refractivity contribution in [3.8, 4) is 5.75 Å². The normalized spacial score (nSPS) is 10.9. The van der Waals surface area contributed by atoms with E-state index in [9.17, 15) is 4.79 Å². The number of carbonyl (C=O) groups is 1. The van der Waals surface area contributed by atoms with Crippen LogP contribution >= 0.6 is 0 Å². The molecule has 0 aliphatic heterocycles. The Bertz CT molecular complexity index is 855. The molecule has 2 aromatic carbocycles. The van der Waals surface area contributed by atoms with Crippen LogP contribution in [0.1, 0.15) is 17.8 Å². The Morgan fingerprint density at radius 2 is 2.04 bits per heavy atom. The Morgan fingerprint density at radius 3 is 2.83 bits per heavy atom. The molecule has 3 aromatic rings. The number of nitrogens with zero attached hydrogens (tertiary/aromatic N) is 2. The van der Waals surface area contributed by atoms with E-state index in [0.717, 1.165) is 28.2 Å². The molecule has 1 N–H and O–H groups in total. The van der Waals surface area contributed by atoms with Crippen molar-refractivity contribution in [1.82, 2.24) is 9.55 Å². The predicted octanol–water partition coefficient (Wildman–Crippen LogP) is 3.44. The number of aryl methyl sites for hydroxylation is 2. The third kappa shape index (κ3) is 3.74. The summed E-state index contributed by atoms with van der Waals surface area (Å²) in [6, 6.07) is 15.8. The maximum absolute atomic E-state index is 10.9. The van der Waals surface area contributed by atoms with Crippen molar-refractivity contribution in [2.75, 3.05) is 6.61 Å². The van der Waals surface area contributed by atoms with Gasteiger partial charge in [0.25, 0.3) is 0 Å². The van der Waals surface area contributed by atoms with Gasteiger partial charge in [-0.1, -0.05) is 24.3 Å². The Labute approximate surface area is 140 Å². The molecule has 0 saturated heterocycles. The van der Waals surface area contributed by atoms with Gasteiger partial charge in [0.05, 0.1) is 24.0 Å². The average molecular weight is 324 g/mol. The molecule has 1 aromatic heterocycles. The maximum Gasteiger partial charge on any atom is 0.303 e. The van der Waals surface area contributed by atoms with Crippen LogP contribution in [0.25, 0.3) is 11.0 Å². The molecular formula is C19H20N2O3. The number of hydrogen-bond acceptors (Lipinski definition) is 3. The molecule has 0 saturated carbocycles. The third-order valence-corrected chi connectivity index (χ3v) is 3.87. The van der Waals surface area contributed by atoms with Crippen LogP contribution in [0, 0.1) is 6.92 Å². The summed E-state index contributed by atoms with van der Waals surface area (Å²) >= 11 is 0. The van der Waals surface area contributed by atoms with E-state index in [-0.39, 0.29) is 6.42 Å². The lowest BCUT2D eigenvalue weighted by atomic mass is 10.2. The molecule has 5 nitrogen and oxygen atoms in total. The summed E-state index contributed by atoms with van der Waals surface area (Å²) in [7, 11) is 0. The summed E-state index contributed by atoms with van der Waals surface area (Å²) in [6.07, 6.45) is 0.483. The minimum Gasteiger partial charge on any atom is -0.492 e. The SMILES string of the molecule is Cc1cccc(OCCn2c(CCC(=O)O)nc3ccccc32)c1. The van der Waals surface area contributed by atoms with Gasteiger partial charge in [-0.15, -0.1) is 0 Å².